The Hall–Kier alpha value is -2.70. The zero-order valence-electron chi connectivity index (χ0n) is 12.0. The number of rotatable bonds is 7. The molecule has 1 N–H and O–H groups in total. The van der Waals surface area contributed by atoms with Gasteiger partial charge in [0.2, 0.25) is 5.91 Å². The average Bonchev–Trinajstić information content (AvgIpc) is 2.51. The fraction of sp³-hybridized carbons (Fsp3) is 0.188. The van der Waals surface area contributed by atoms with Gasteiger partial charge in [0.1, 0.15) is 17.3 Å². The molecule has 0 saturated heterocycles. The summed E-state index contributed by atoms with van der Waals surface area (Å²) in [5.74, 6) is -0.487. The van der Waals surface area contributed by atoms with Crippen molar-refractivity contribution in [2.75, 3.05) is 11.9 Å². The van der Waals surface area contributed by atoms with Crippen LogP contribution in [0.25, 0.3) is 0 Å². The second-order valence-corrected chi connectivity index (χ2v) is 4.48. The van der Waals surface area contributed by atoms with Crippen LogP contribution >= 0.6 is 0 Å². The molecule has 0 aliphatic carbocycles. The molecule has 0 heterocycles. The zero-order valence-corrected chi connectivity index (χ0v) is 12.0. The lowest BCUT2D eigenvalue weighted by Gasteiger charge is -2.12. The number of alkyl halides is 2. The number of carbonyl (C=O) groups is 1. The van der Waals surface area contributed by atoms with Gasteiger partial charge in [0.25, 0.3) is 0 Å². The van der Waals surface area contributed by atoms with Gasteiger partial charge in [0, 0.05) is 0 Å². The Balaban J connectivity index is 1.84. The van der Waals surface area contributed by atoms with E-state index in [9.17, 15) is 18.0 Å². The summed E-state index contributed by atoms with van der Waals surface area (Å²) in [6.07, 6.45) is 0.000386. The van der Waals surface area contributed by atoms with Crippen molar-refractivity contribution in [1.82, 2.24) is 0 Å². The maximum absolute atomic E-state index is 12.7. The van der Waals surface area contributed by atoms with E-state index in [1.807, 2.05) is 0 Å². The fourth-order valence-electron chi connectivity index (χ4n) is 1.77. The third-order valence-corrected chi connectivity index (χ3v) is 2.79. The van der Waals surface area contributed by atoms with Crippen LogP contribution in [0.15, 0.2) is 48.5 Å². The molecule has 0 fully saturated rings. The van der Waals surface area contributed by atoms with Gasteiger partial charge in [-0.2, -0.15) is 8.78 Å². The highest BCUT2D eigenvalue weighted by atomic mass is 19.3. The van der Waals surface area contributed by atoms with Crippen LogP contribution in [0, 0.1) is 5.82 Å². The molecule has 23 heavy (non-hydrogen) atoms. The molecule has 2 aromatic rings. The van der Waals surface area contributed by atoms with Crippen LogP contribution in [-0.4, -0.2) is 19.1 Å². The summed E-state index contributed by atoms with van der Waals surface area (Å²) >= 11 is 0. The highest BCUT2D eigenvalue weighted by Gasteiger charge is 2.11. The molecule has 0 aliphatic rings. The highest BCUT2D eigenvalue weighted by molar-refractivity contribution is 5.92. The summed E-state index contributed by atoms with van der Waals surface area (Å²) in [4.78, 5) is 11.8. The average molecular weight is 325 g/mol. The van der Waals surface area contributed by atoms with Crippen LogP contribution in [0.2, 0.25) is 0 Å². The Morgan fingerprint density at radius 3 is 2.48 bits per heavy atom. The number of carbonyl (C=O) groups excluding carboxylic acids is 1. The number of hydrogen-bond acceptors (Lipinski definition) is 3. The van der Waals surface area contributed by atoms with Crippen molar-refractivity contribution >= 4 is 11.6 Å². The van der Waals surface area contributed by atoms with Crippen LogP contribution in [0.4, 0.5) is 18.9 Å². The first-order valence-electron chi connectivity index (χ1n) is 6.76. The first-order chi connectivity index (χ1) is 11.0. The van der Waals surface area contributed by atoms with Crippen LogP contribution < -0.4 is 14.8 Å². The van der Waals surface area contributed by atoms with Gasteiger partial charge in [-0.15, -0.1) is 0 Å². The summed E-state index contributed by atoms with van der Waals surface area (Å²) in [5.41, 5.74) is 0.152. The molecule has 2 rings (SSSR count). The molecule has 4 nitrogen and oxygen atoms in total. The Labute approximate surface area is 130 Å². The van der Waals surface area contributed by atoms with Crippen molar-refractivity contribution in [1.29, 1.82) is 0 Å². The topological polar surface area (TPSA) is 47.6 Å². The van der Waals surface area contributed by atoms with E-state index in [1.54, 1.807) is 6.07 Å². The van der Waals surface area contributed by atoms with Crippen LogP contribution in [0.3, 0.4) is 0 Å². The minimum Gasteiger partial charge on any atom is -0.493 e. The Morgan fingerprint density at radius 1 is 1.09 bits per heavy atom. The number of hydrogen-bond donors (Lipinski definition) is 1. The Morgan fingerprint density at radius 2 is 1.78 bits per heavy atom. The van der Waals surface area contributed by atoms with Crippen molar-refractivity contribution < 1.29 is 27.4 Å². The first kappa shape index (κ1) is 16.7. The van der Waals surface area contributed by atoms with Crippen molar-refractivity contribution in [2.24, 2.45) is 0 Å². The monoisotopic (exact) mass is 325 g/mol. The number of amides is 1. The third kappa shape index (κ3) is 5.54. The maximum Gasteiger partial charge on any atom is 0.387 e. The molecule has 0 aliphatic heterocycles. The molecular formula is C16H14F3NO3. The van der Waals surface area contributed by atoms with Gasteiger partial charge in [-0.25, -0.2) is 4.39 Å². The van der Waals surface area contributed by atoms with E-state index < -0.39 is 12.5 Å². The van der Waals surface area contributed by atoms with Crippen molar-refractivity contribution in [3.8, 4) is 11.5 Å². The number of ether oxygens (including phenoxy) is 2. The molecule has 122 valence electrons. The molecule has 1 amide bonds. The minimum absolute atomic E-state index is 0.000386. The first-order valence-corrected chi connectivity index (χ1v) is 6.76. The molecule has 0 atom stereocenters. The molecule has 0 aromatic heterocycles. The summed E-state index contributed by atoms with van der Waals surface area (Å²) in [5, 5.41) is 2.47. The number of anilines is 1. The predicted molar refractivity (Wildman–Crippen MR) is 78.2 cm³/mol. The lowest BCUT2D eigenvalue weighted by atomic mass is 10.3. The standard InChI is InChI=1S/C16H14F3NO3/c17-11-5-7-12(8-6-11)22-10-9-15(21)20-13-3-1-2-4-14(13)23-16(18)19/h1-8,16H,9-10H2,(H,20,21). The zero-order chi connectivity index (χ0) is 16.7. The van der Waals surface area contributed by atoms with Crippen molar-refractivity contribution in [3.63, 3.8) is 0 Å². The highest BCUT2D eigenvalue weighted by Crippen LogP contribution is 2.25. The van der Waals surface area contributed by atoms with E-state index in [0.717, 1.165) is 0 Å². The number of nitrogens with one attached hydrogen (secondary N) is 1. The molecule has 2 aromatic carbocycles. The molecule has 0 saturated carbocycles. The molecule has 0 spiro atoms. The van der Waals surface area contributed by atoms with Crippen molar-refractivity contribution in [3.05, 3.63) is 54.3 Å². The quantitative estimate of drug-likeness (QED) is 0.841. The Bertz CT molecular complexity index is 647. The second-order valence-electron chi connectivity index (χ2n) is 4.48. The van der Waals surface area contributed by atoms with Gasteiger partial charge < -0.3 is 14.8 Å². The maximum atomic E-state index is 12.7. The number of para-hydroxylation sites is 2. The summed E-state index contributed by atoms with van der Waals surface area (Å²) in [7, 11) is 0. The molecule has 0 bridgehead atoms. The molecule has 0 unspecified atom stereocenters. The fourth-order valence-corrected chi connectivity index (χ4v) is 1.77. The predicted octanol–water partition coefficient (Wildman–Crippen LogP) is 3.83. The van der Waals surface area contributed by atoms with E-state index >= 15 is 0 Å². The summed E-state index contributed by atoms with van der Waals surface area (Å²) in [6.45, 7) is -2.91. The second kappa shape index (κ2) is 8.07. The molecule has 7 heteroatoms. The largest absolute Gasteiger partial charge is 0.493 e. The number of benzene rings is 2. The van der Waals surface area contributed by atoms with E-state index in [-0.39, 0.29) is 30.3 Å². The van der Waals surface area contributed by atoms with E-state index in [0.29, 0.717) is 5.75 Å². The lowest BCUT2D eigenvalue weighted by molar-refractivity contribution is -0.116. The van der Waals surface area contributed by atoms with Crippen LogP contribution in [0.1, 0.15) is 6.42 Å². The lowest BCUT2D eigenvalue weighted by Crippen LogP contribution is -2.16. The van der Waals surface area contributed by atoms with Gasteiger partial charge in [-0.05, 0) is 36.4 Å². The minimum atomic E-state index is -2.98. The van der Waals surface area contributed by atoms with E-state index in [2.05, 4.69) is 10.1 Å². The normalized spacial score (nSPS) is 10.4. The van der Waals surface area contributed by atoms with E-state index in [1.165, 1.54) is 42.5 Å². The SMILES string of the molecule is O=C(CCOc1ccc(F)cc1)Nc1ccccc1OC(F)F. The van der Waals surface area contributed by atoms with Gasteiger partial charge in [0.05, 0.1) is 18.7 Å². The Kier molecular flexibility index (Phi) is 5.85. The van der Waals surface area contributed by atoms with Gasteiger partial charge in [-0.1, -0.05) is 12.1 Å². The molecular weight excluding hydrogens is 311 g/mol. The van der Waals surface area contributed by atoms with E-state index in [4.69, 9.17) is 4.74 Å². The van der Waals surface area contributed by atoms with Gasteiger partial charge >= 0.3 is 6.61 Å². The smallest absolute Gasteiger partial charge is 0.387 e. The number of halogens is 3. The van der Waals surface area contributed by atoms with Crippen LogP contribution in [0.5, 0.6) is 11.5 Å². The molecule has 0 radical (unpaired) electrons. The van der Waals surface area contributed by atoms with Gasteiger partial charge in [-0.3, -0.25) is 4.79 Å². The summed E-state index contributed by atoms with van der Waals surface area (Å²) in [6, 6.07) is 11.3. The van der Waals surface area contributed by atoms with Crippen molar-refractivity contribution in [2.45, 2.75) is 13.0 Å². The van der Waals surface area contributed by atoms with Crippen LogP contribution in [-0.2, 0) is 4.79 Å². The third-order valence-electron chi connectivity index (χ3n) is 2.79. The van der Waals surface area contributed by atoms with Gasteiger partial charge in [0.15, 0.2) is 0 Å². The summed E-state index contributed by atoms with van der Waals surface area (Å²) < 4.78 is 46.9.